The molecule has 4 heterocycles. The first-order chi connectivity index (χ1) is 20.4. The molecule has 1 saturated heterocycles. The first-order valence-corrected chi connectivity index (χ1v) is 13.0. The van der Waals surface area contributed by atoms with Crippen molar-refractivity contribution in [1.82, 2.24) is 45.0 Å². The number of tetrazole rings is 1. The van der Waals surface area contributed by atoms with Gasteiger partial charge in [-0.3, -0.25) is 14.5 Å². The summed E-state index contributed by atoms with van der Waals surface area (Å²) >= 11 is 0. The summed E-state index contributed by atoms with van der Waals surface area (Å²) in [6.07, 6.45) is 1.47. The maximum absolute atomic E-state index is 13.4. The standard InChI is InChI=1S/C27H24F2N10O3/c1-16(40)31-18-7-8-21-20(15-18)33-25(42-21)19-9-10-30-24(32-19)26(41)38-13-11-37(12-14-38)22(17-5-3-2-4-6-17)23-34-36-39(35-23)27(28)29/h2-10,15,22,27H,11-14H2,1H3,(H,31,40)/t22-/m0/s1. The van der Waals surface area contributed by atoms with Crippen LogP contribution in [0.15, 0.2) is 65.2 Å². The molecule has 15 heteroatoms. The van der Waals surface area contributed by atoms with Crippen LogP contribution in [0, 0.1) is 0 Å². The van der Waals surface area contributed by atoms with E-state index in [4.69, 9.17) is 4.42 Å². The van der Waals surface area contributed by atoms with E-state index >= 15 is 0 Å². The highest BCUT2D eigenvalue weighted by molar-refractivity contribution is 5.92. The Bertz CT molecular complexity index is 1730. The topological polar surface area (TPSA) is 148 Å². The number of carbonyl (C=O) groups excluding carboxylic acids is 2. The first kappa shape index (κ1) is 27.0. The van der Waals surface area contributed by atoms with Gasteiger partial charge in [-0.1, -0.05) is 35.1 Å². The number of aromatic nitrogens is 7. The zero-order chi connectivity index (χ0) is 29.2. The van der Waals surface area contributed by atoms with Gasteiger partial charge >= 0.3 is 6.55 Å². The van der Waals surface area contributed by atoms with Crippen molar-refractivity contribution in [2.24, 2.45) is 0 Å². The van der Waals surface area contributed by atoms with Gasteiger partial charge in [0.25, 0.3) is 5.91 Å². The van der Waals surface area contributed by atoms with Gasteiger partial charge in [-0.15, -0.1) is 10.2 Å². The monoisotopic (exact) mass is 574 g/mol. The zero-order valence-electron chi connectivity index (χ0n) is 22.3. The zero-order valence-corrected chi connectivity index (χ0v) is 22.3. The number of fused-ring (bicyclic) bond motifs is 1. The molecule has 2 amide bonds. The fourth-order valence-corrected chi connectivity index (χ4v) is 4.81. The van der Waals surface area contributed by atoms with E-state index in [9.17, 15) is 18.4 Å². The van der Waals surface area contributed by atoms with Crippen molar-refractivity contribution in [1.29, 1.82) is 0 Å². The summed E-state index contributed by atoms with van der Waals surface area (Å²) < 4.78 is 32.1. The van der Waals surface area contributed by atoms with Crippen LogP contribution in [0.3, 0.4) is 0 Å². The minimum Gasteiger partial charge on any atom is -0.435 e. The molecule has 42 heavy (non-hydrogen) atoms. The number of hydrogen-bond acceptors (Lipinski definition) is 10. The molecular weight excluding hydrogens is 550 g/mol. The van der Waals surface area contributed by atoms with Crippen molar-refractivity contribution in [3.63, 3.8) is 0 Å². The SMILES string of the molecule is CC(=O)Nc1ccc2oc(-c3ccnc(C(=O)N4CCN([C@@H](c5ccccc5)c5nnn(C(F)F)n5)CC4)n3)nc2c1. The van der Waals surface area contributed by atoms with E-state index < -0.39 is 12.6 Å². The second-order valence-corrected chi connectivity index (χ2v) is 9.54. The summed E-state index contributed by atoms with van der Waals surface area (Å²) in [5.41, 5.74) is 2.76. The van der Waals surface area contributed by atoms with Crippen molar-refractivity contribution in [3.8, 4) is 11.6 Å². The minimum atomic E-state index is -2.90. The third-order valence-electron chi connectivity index (χ3n) is 6.72. The van der Waals surface area contributed by atoms with Gasteiger partial charge in [0.05, 0.1) is 6.04 Å². The Morgan fingerprint density at radius 1 is 1.00 bits per heavy atom. The van der Waals surface area contributed by atoms with Gasteiger partial charge in [0.15, 0.2) is 11.4 Å². The number of benzene rings is 2. The predicted octanol–water partition coefficient (Wildman–Crippen LogP) is 3.17. The van der Waals surface area contributed by atoms with Crippen LogP contribution in [-0.4, -0.2) is 83.0 Å². The third-order valence-corrected chi connectivity index (χ3v) is 6.72. The Morgan fingerprint density at radius 3 is 2.50 bits per heavy atom. The Morgan fingerprint density at radius 2 is 1.79 bits per heavy atom. The van der Waals surface area contributed by atoms with Gasteiger partial charge in [0.2, 0.25) is 17.6 Å². The van der Waals surface area contributed by atoms with Crippen LogP contribution in [0.2, 0.25) is 0 Å². The molecule has 0 aliphatic carbocycles. The smallest absolute Gasteiger partial charge is 0.350 e. The average Bonchev–Trinajstić information content (AvgIpc) is 3.66. The van der Waals surface area contributed by atoms with Crippen molar-refractivity contribution in [2.45, 2.75) is 19.5 Å². The van der Waals surface area contributed by atoms with Gasteiger partial charge < -0.3 is 14.6 Å². The maximum atomic E-state index is 13.4. The number of amides is 2. The van der Waals surface area contributed by atoms with E-state index in [0.29, 0.717) is 48.7 Å². The van der Waals surface area contributed by atoms with Crippen LogP contribution in [0.25, 0.3) is 22.7 Å². The minimum absolute atomic E-state index is 0.0108. The van der Waals surface area contributed by atoms with Crippen molar-refractivity contribution < 1.29 is 22.8 Å². The molecule has 0 bridgehead atoms. The highest BCUT2D eigenvalue weighted by Crippen LogP contribution is 2.28. The lowest BCUT2D eigenvalue weighted by Gasteiger charge is -2.38. The number of hydrogen-bond donors (Lipinski definition) is 1. The van der Waals surface area contributed by atoms with Crippen molar-refractivity contribution >= 4 is 28.6 Å². The predicted molar refractivity (Wildman–Crippen MR) is 144 cm³/mol. The number of piperazine rings is 1. The van der Waals surface area contributed by atoms with Gasteiger partial charge in [-0.2, -0.15) is 8.78 Å². The molecule has 0 radical (unpaired) electrons. The van der Waals surface area contributed by atoms with E-state index in [-0.39, 0.29) is 34.2 Å². The highest BCUT2D eigenvalue weighted by Gasteiger charge is 2.32. The van der Waals surface area contributed by atoms with Crippen molar-refractivity contribution in [2.75, 3.05) is 31.5 Å². The number of alkyl halides is 2. The summed E-state index contributed by atoms with van der Waals surface area (Å²) in [7, 11) is 0. The summed E-state index contributed by atoms with van der Waals surface area (Å²) in [5.74, 6) is -0.215. The van der Waals surface area contributed by atoms with E-state index in [1.165, 1.54) is 13.1 Å². The molecule has 6 rings (SSSR count). The molecule has 1 aliphatic heterocycles. The largest absolute Gasteiger partial charge is 0.435 e. The number of oxazole rings is 1. The molecule has 0 saturated carbocycles. The summed E-state index contributed by atoms with van der Waals surface area (Å²) in [6.45, 7) is 0.0513. The first-order valence-electron chi connectivity index (χ1n) is 13.0. The Hall–Kier alpha value is -5.18. The fraction of sp³-hybridized carbons (Fsp3) is 0.259. The number of halogens is 2. The van der Waals surface area contributed by atoms with Crippen LogP contribution in [0.1, 0.15) is 41.5 Å². The van der Waals surface area contributed by atoms with E-state index in [1.807, 2.05) is 35.2 Å². The Kier molecular flexibility index (Phi) is 7.31. The number of anilines is 1. The molecule has 5 aromatic rings. The lowest BCUT2D eigenvalue weighted by Crippen LogP contribution is -2.50. The molecule has 0 unspecified atom stereocenters. The second-order valence-electron chi connectivity index (χ2n) is 9.54. The molecule has 3 aromatic heterocycles. The molecule has 13 nitrogen and oxygen atoms in total. The van der Waals surface area contributed by atoms with Crippen LogP contribution >= 0.6 is 0 Å². The third kappa shape index (κ3) is 5.54. The van der Waals surface area contributed by atoms with Crippen LogP contribution in [0.4, 0.5) is 14.5 Å². The number of rotatable bonds is 7. The lowest BCUT2D eigenvalue weighted by molar-refractivity contribution is -0.114. The molecular formula is C27H24F2N10O3. The van der Waals surface area contributed by atoms with Crippen LogP contribution in [-0.2, 0) is 4.79 Å². The molecule has 1 fully saturated rings. The summed E-state index contributed by atoms with van der Waals surface area (Å²) in [5, 5.41) is 14.0. The summed E-state index contributed by atoms with van der Waals surface area (Å²) in [4.78, 5) is 41.7. The van der Waals surface area contributed by atoms with E-state index in [2.05, 4.69) is 35.7 Å². The molecule has 1 aliphatic rings. The fourth-order valence-electron chi connectivity index (χ4n) is 4.81. The number of carbonyl (C=O) groups is 2. The lowest BCUT2D eigenvalue weighted by atomic mass is 10.0. The number of nitrogens with zero attached hydrogens (tertiary/aromatic N) is 9. The van der Waals surface area contributed by atoms with E-state index in [0.717, 1.165) is 5.56 Å². The van der Waals surface area contributed by atoms with Gasteiger partial charge in [-0.05, 0) is 35.0 Å². The number of nitrogens with one attached hydrogen (secondary N) is 1. The Labute approximate surface area is 237 Å². The average molecular weight is 575 g/mol. The maximum Gasteiger partial charge on any atom is 0.350 e. The quantitative estimate of drug-likeness (QED) is 0.307. The van der Waals surface area contributed by atoms with Crippen LogP contribution < -0.4 is 5.32 Å². The van der Waals surface area contributed by atoms with E-state index in [1.54, 1.807) is 29.2 Å². The van der Waals surface area contributed by atoms with Crippen LogP contribution in [0.5, 0.6) is 0 Å². The molecule has 1 atom stereocenters. The summed E-state index contributed by atoms with van der Waals surface area (Å²) in [6, 6.07) is 15.5. The Balaban J connectivity index is 1.18. The van der Waals surface area contributed by atoms with Crippen molar-refractivity contribution in [3.05, 3.63) is 78.0 Å². The van der Waals surface area contributed by atoms with Gasteiger partial charge in [0.1, 0.15) is 11.2 Å². The van der Waals surface area contributed by atoms with Gasteiger partial charge in [0, 0.05) is 45.0 Å². The molecule has 214 valence electrons. The molecule has 0 spiro atoms. The highest BCUT2D eigenvalue weighted by atomic mass is 19.3. The second kappa shape index (κ2) is 11.4. The molecule has 1 N–H and O–H groups in total. The normalized spacial score (nSPS) is 14.8. The molecule has 2 aromatic carbocycles. The van der Waals surface area contributed by atoms with Gasteiger partial charge in [-0.25, -0.2) is 15.0 Å².